The smallest absolute Gasteiger partial charge is 0.119 e. The van der Waals surface area contributed by atoms with Crippen LogP contribution < -0.4 is 10.1 Å². The fraction of sp³-hybridized carbons (Fsp3) is 0.571. The molecule has 1 fully saturated rings. The van der Waals surface area contributed by atoms with Crippen molar-refractivity contribution in [3.63, 3.8) is 0 Å². The second-order valence-electron chi connectivity index (χ2n) is 4.79. The van der Waals surface area contributed by atoms with E-state index in [1.54, 1.807) is 7.11 Å². The van der Waals surface area contributed by atoms with Crippen molar-refractivity contribution in [3.8, 4) is 5.75 Å². The van der Waals surface area contributed by atoms with E-state index in [9.17, 15) is 0 Å². The molecule has 0 aliphatic heterocycles. The summed E-state index contributed by atoms with van der Waals surface area (Å²) in [5, 5.41) is 3.99. The highest BCUT2D eigenvalue weighted by molar-refractivity contribution is 9.10. The van der Waals surface area contributed by atoms with Crippen molar-refractivity contribution in [3.05, 3.63) is 28.2 Å². The number of benzene rings is 1. The molecule has 4 heteroatoms. The molecule has 1 aromatic rings. The summed E-state index contributed by atoms with van der Waals surface area (Å²) in [6.45, 7) is 0.870. The number of hydrogen-bond acceptors (Lipinski definition) is 2. The van der Waals surface area contributed by atoms with Gasteiger partial charge in [0, 0.05) is 22.4 Å². The van der Waals surface area contributed by atoms with Gasteiger partial charge in [0.1, 0.15) is 5.75 Å². The third-order valence-corrected chi connectivity index (χ3v) is 4.70. The molecule has 1 N–H and O–H groups in total. The van der Waals surface area contributed by atoms with E-state index in [4.69, 9.17) is 16.3 Å². The van der Waals surface area contributed by atoms with E-state index in [0.29, 0.717) is 11.4 Å². The lowest BCUT2D eigenvalue weighted by Crippen LogP contribution is -2.33. The second-order valence-corrected chi connectivity index (χ2v) is 6.26. The highest BCUT2D eigenvalue weighted by atomic mass is 79.9. The van der Waals surface area contributed by atoms with Crippen LogP contribution in [-0.2, 0) is 6.54 Å². The molecule has 1 aromatic carbocycles. The molecule has 0 bridgehead atoms. The molecule has 0 spiro atoms. The molecular weight excluding hydrogens is 314 g/mol. The first-order valence-electron chi connectivity index (χ1n) is 6.39. The Bertz CT molecular complexity index is 391. The van der Waals surface area contributed by atoms with Crippen LogP contribution >= 0.6 is 27.5 Å². The van der Waals surface area contributed by atoms with Gasteiger partial charge in [0.2, 0.25) is 0 Å². The van der Waals surface area contributed by atoms with E-state index in [1.807, 2.05) is 12.1 Å². The Kier molecular flexibility index (Phi) is 5.34. The van der Waals surface area contributed by atoms with Crippen LogP contribution in [0.1, 0.15) is 31.2 Å². The molecule has 2 nitrogen and oxygen atoms in total. The Balaban J connectivity index is 1.89. The van der Waals surface area contributed by atoms with Crippen LogP contribution in [0.4, 0.5) is 0 Å². The Morgan fingerprint density at radius 2 is 2.06 bits per heavy atom. The Morgan fingerprint density at radius 3 is 2.72 bits per heavy atom. The Hall–Kier alpha value is -0.250. The maximum atomic E-state index is 6.11. The molecule has 0 radical (unpaired) electrons. The number of hydrogen-bond donors (Lipinski definition) is 1. The lowest BCUT2D eigenvalue weighted by Gasteiger charge is -2.26. The van der Waals surface area contributed by atoms with Crippen LogP contribution in [0, 0.1) is 0 Å². The first-order valence-corrected chi connectivity index (χ1v) is 7.62. The monoisotopic (exact) mass is 331 g/mol. The zero-order valence-electron chi connectivity index (χ0n) is 10.6. The largest absolute Gasteiger partial charge is 0.497 e. The summed E-state index contributed by atoms with van der Waals surface area (Å²) < 4.78 is 6.38. The molecule has 0 atom stereocenters. The summed E-state index contributed by atoms with van der Waals surface area (Å²) in [5.74, 6) is 0.902. The van der Waals surface area contributed by atoms with Crippen molar-refractivity contribution in [2.75, 3.05) is 7.11 Å². The van der Waals surface area contributed by atoms with Crippen molar-refractivity contribution in [1.82, 2.24) is 5.32 Å². The predicted molar refractivity (Wildman–Crippen MR) is 79.4 cm³/mol. The zero-order chi connectivity index (χ0) is 13.0. The van der Waals surface area contributed by atoms with Crippen molar-refractivity contribution >= 4 is 27.5 Å². The zero-order valence-corrected chi connectivity index (χ0v) is 12.9. The number of methoxy groups -OCH3 is 1. The normalized spacial score (nSPS) is 23.9. The lowest BCUT2D eigenvalue weighted by molar-refractivity contribution is 0.375. The van der Waals surface area contributed by atoms with Gasteiger partial charge in [0.15, 0.2) is 0 Å². The average molecular weight is 333 g/mol. The van der Waals surface area contributed by atoms with Crippen LogP contribution in [0.2, 0.25) is 0 Å². The van der Waals surface area contributed by atoms with Crippen LogP contribution in [-0.4, -0.2) is 18.5 Å². The van der Waals surface area contributed by atoms with Crippen LogP contribution in [0.15, 0.2) is 22.7 Å². The SMILES string of the molecule is COc1ccc(Br)c(CNC2CCC(Cl)CC2)c1. The minimum absolute atomic E-state index is 0.381. The van der Waals surface area contributed by atoms with Crippen LogP contribution in [0.5, 0.6) is 5.75 Å². The van der Waals surface area contributed by atoms with Gasteiger partial charge in [-0.05, 0) is 49.4 Å². The maximum absolute atomic E-state index is 6.11. The number of nitrogens with one attached hydrogen (secondary N) is 1. The molecule has 1 saturated carbocycles. The third-order valence-electron chi connectivity index (χ3n) is 3.49. The predicted octanol–water partition coefficient (Wildman–Crippen LogP) is 4.10. The number of alkyl halides is 1. The van der Waals surface area contributed by atoms with Gasteiger partial charge in [-0.25, -0.2) is 0 Å². The van der Waals surface area contributed by atoms with E-state index in [1.165, 1.54) is 18.4 Å². The quantitative estimate of drug-likeness (QED) is 0.838. The van der Waals surface area contributed by atoms with Gasteiger partial charge in [-0.3, -0.25) is 0 Å². The minimum Gasteiger partial charge on any atom is -0.497 e. The summed E-state index contributed by atoms with van der Waals surface area (Å²) in [7, 11) is 1.70. The lowest BCUT2D eigenvalue weighted by atomic mass is 9.95. The molecule has 2 rings (SSSR count). The molecule has 0 saturated heterocycles. The van der Waals surface area contributed by atoms with E-state index in [2.05, 4.69) is 27.3 Å². The first kappa shape index (κ1) is 14.2. The van der Waals surface area contributed by atoms with Crippen LogP contribution in [0.3, 0.4) is 0 Å². The fourth-order valence-corrected chi connectivity index (χ4v) is 2.96. The number of ether oxygens (including phenoxy) is 1. The molecule has 1 aliphatic rings. The van der Waals surface area contributed by atoms with Gasteiger partial charge in [-0.1, -0.05) is 15.9 Å². The third kappa shape index (κ3) is 3.87. The summed E-state index contributed by atoms with van der Waals surface area (Å²) in [6.07, 6.45) is 4.60. The van der Waals surface area contributed by atoms with Gasteiger partial charge >= 0.3 is 0 Å². The van der Waals surface area contributed by atoms with Crippen molar-refractivity contribution in [1.29, 1.82) is 0 Å². The van der Waals surface area contributed by atoms with E-state index in [0.717, 1.165) is 29.6 Å². The Labute approximate surface area is 122 Å². The number of rotatable bonds is 4. The average Bonchev–Trinajstić information content (AvgIpc) is 2.40. The van der Waals surface area contributed by atoms with Gasteiger partial charge in [-0.2, -0.15) is 0 Å². The van der Waals surface area contributed by atoms with Gasteiger partial charge in [-0.15, -0.1) is 11.6 Å². The van der Waals surface area contributed by atoms with E-state index < -0.39 is 0 Å². The highest BCUT2D eigenvalue weighted by Gasteiger charge is 2.19. The van der Waals surface area contributed by atoms with E-state index in [-0.39, 0.29) is 0 Å². The molecule has 100 valence electrons. The number of halogens is 2. The highest BCUT2D eigenvalue weighted by Crippen LogP contribution is 2.25. The first-order chi connectivity index (χ1) is 8.69. The minimum atomic E-state index is 0.381. The summed E-state index contributed by atoms with van der Waals surface area (Å²) in [6, 6.07) is 6.67. The summed E-state index contributed by atoms with van der Waals surface area (Å²) in [5.41, 5.74) is 1.24. The van der Waals surface area contributed by atoms with Crippen molar-refractivity contribution in [2.24, 2.45) is 0 Å². The second kappa shape index (κ2) is 6.78. The molecule has 0 unspecified atom stereocenters. The van der Waals surface area contributed by atoms with E-state index >= 15 is 0 Å². The summed E-state index contributed by atoms with van der Waals surface area (Å²) >= 11 is 9.69. The Morgan fingerprint density at radius 1 is 1.33 bits per heavy atom. The standard InChI is InChI=1S/C14H19BrClNO/c1-18-13-6-7-14(15)10(8-13)9-17-12-4-2-11(16)3-5-12/h6-8,11-12,17H,2-5,9H2,1H3. The molecule has 0 heterocycles. The molecule has 0 aromatic heterocycles. The summed E-state index contributed by atoms with van der Waals surface area (Å²) in [4.78, 5) is 0. The maximum Gasteiger partial charge on any atom is 0.119 e. The molecular formula is C14H19BrClNO. The topological polar surface area (TPSA) is 21.3 Å². The molecule has 1 aliphatic carbocycles. The fourth-order valence-electron chi connectivity index (χ4n) is 2.32. The van der Waals surface area contributed by atoms with Crippen molar-refractivity contribution < 1.29 is 4.74 Å². The van der Waals surface area contributed by atoms with Gasteiger partial charge in [0.05, 0.1) is 7.11 Å². The van der Waals surface area contributed by atoms with Crippen LogP contribution in [0.25, 0.3) is 0 Å². The molecule has 18 heavy (non-hydrogen) atoms. The molecule has 0 amide bonds. The van der Waals surface area contributed by atoms with Gasteiger partial charge < -0.3 is 10.1 Å². The van der Waals surface area contributed by atoms with Gasteiger partial charge in [0.25, 0.3) is 0 Å². The van der Waals surface area contributed by atoms with Crippen molar-refractivity contribution in [2.45, 2.75) is 43.6 Å².